The Morgan fingerprint density at radius 3 is 2.64 bits per heavy atom. The maximum Gasteiger partial charge on any atom is 0.274 e. The predicted octanol–water partition coefficient (Wildman–Crippen LogP) is 1.87. The first-order valence-electron chi connectivity index (χ1n) is 7.27. The Kier molecular flexibility index (Phi) is 4.29. The molecule has 0 aliphatic carbocycles. The summed E-state index contributed by atoms with van der Waals surface area (Å²) in [7, 11) is 0. The van der Waals surface area contributed by atoms with Crippen LogP contribution in [-0.2, 0) is 4.74 Å². The number of amides is 1. The number of ether oxygens (including phenoxy) is 1. The Morgan fingerprint density at radius 1 is 1.18 bits per heavy atom. The highest BCUT2D eigenvalue weighted by Gasteiger charge is 2.17. The third-order valence-corrected chi connectivity index (χ3v) is 3.40. The van der Waals surface area contributed by atoms with Gasteiger partial charge in [0.1, 0.15) is 5.69 Å². The summed E-state index contributed by atoms with van der Waals surface area (Å²) in [6.07, 6.45) is 0. The third-order valence-electron chi connectivity index (χ3n) is 3.40. The number of carbonyl (C=O) groups is 1. The Morgan fingerprint density at radius 2 is 1.91 bits per heavy atom. The first-order chi connectivity index (χ1) is 10.7. The molecule has 1 aliphatic heterocycles. The second-order valence-corrected chi connectivity index (χ2v) is 5.11. The van der Waals surface area contributed by atoms with Crippen molar-refractivity contribution < 1.29 is 9.53 Å². The van der Waals surface area contributed by atoms with Crippen molar-refractivity contribution in [3.8, 4) is 0 Å². The van der Waals surface area contributed by atoms with Gasteiger partial charge in [0.25, 0.3) is 5.91 Å². The van der Waals surface area contributed by atoms with Crippen LogP contribution in [0.4, 0.5) is 11.6 Å². The van der Waals surface area contributed by atoms with Crippen LogP contribution in [-0.4, -0.2) is 42.2 Å². The highest BCUT2D eigenvalue weighted by Crippen LogP contribution is 2.14. The molecule has 1 aromatic heterocycles. The van der Waals surface area contributed by atoms with Crippen molar-refractivity contribution in [3.05, 3.63) is 47.8 Å². The van der Waals surface area contributed by atoms with Crippen LogP contribution in [0.3, 0.4) is 0 Å². The minimum Gasteiger partial charge on any atom is -0.378 e. The van der Waals surface area contributed by atoms with Gasteiger partial charge in [0.2, 0.25) is 5.95 Å². The molecule has 0 bridgehead atoms. The van der Waals surface area contributed by atoms with Crippen molar-refractivity contribution in [1.82, 2.24) is 9.97 Å². The number of morpholine rings is 1. The number of hydrogen-bond donors (Lipinski definition) is 1. The number of carbonyl (C=O) groups excluding carboxylic acids is 1. The molecular formula is C16H18N4O2. The Bertz CT molecular complexity index is 654. The molecular weight excluding hydrogens is 280 g/mol. The average molecular weight is 298 g/mol. The van der Waals surface area contributed by atoms with Crippen LogP contribution in [0, 0.1) is 6.92 Å². The fourth-order valence-corrected chi connectivity index (χ4v) is 2.29. The van der Waals surface area contributed by atoms with E-state index in [1.165, 1.54) is 0 Å². The van der Waals surface area contributed by atoms with E-state index in [1.807, 2.05) is 42.2 Å². The summed E-state index contributed by atoms with van der Waals surface area (Å²) in [6.45, 7) is 4.66. The molecule has 114 valence electrons. The fraction of sp³-hybridized carbons (Fsp3) is 0.312. The molecule has 1 aliphatic rings. The van der Waals surface area contributed by atoms with E-state index < -0.39 is 0 Å². The first kappa shape index (κ1) is 14.5. The van der Waals surface area contributed by atoms with Gasteiger partial charge < -0.3 is 15.0 Å². The lowest BCUT2D eigenvalue weighted by Crippen LogP contribution is -2.37. The number of aryl methyl sites for hydroxylation is 1. The van der Waals surface area contributed by atoms with Crippen LogP contribution in [0.5, 0.6) is 0 Å². The Hall–Kier alpha value is -2.47. The van der Waals surface area contributed by atoms with Crippen molar-refractivity contribution >= 4 is 17.5 Å². The minimum atomic E-state index is -0.230. The molecule has 3 rings (SSSR count). The molecule has 22 heavy (non-hydrogen) atoms. The normalized spacial score (nSPS) is 14.7. The van der Waals surface area contributed by atoms with E-state index in [9.17, 15) is 4.79 Å². The summed E-state index contributed by atoms with van der Waals surface area (Å²) >= 11 is 0. The van der Waals surface area contributed by atoms with Crippen molar-refractivity contribution in [1.29, 1.82) is 0 Å². The summed E-state index contributed by atoms with van der Waals surface area (Å²) in [5.41, 5.74) is 1.89. The second kappa shape index (κ2) is 6.53. The third kappa shape index (κ3) is 3.40. The molecule has 1 N–H and O–H groups in total. The van der Waals surface area contributed by atoms with Gasteiger partial charge in [-0.25, -0.2) is 9.97 Å². The van der Waals surface area contributed by atoms with E-state index in [0.29, 0.717) is 24.9 Å². The molecule has 1 aromatic carbocycles. The second-order valence-electron chi connectivity index (χ2n) is 5.11. The molecule has 1 saturated heterocycles. The molecule has 0 atom stereocenters. The maximum absolute atomic E-state index is 12.4. The smallest absolute Gasteiger partial charge is 0.274 e. The van der Waals surface area contributed by atoms with Crippen molar-refractivity contribution in [2.75, 3.05) is 36.5 Å². The fourth-order valence-electron chi connectivity index (χ4n) is 2.29. The zero-order valence-corrected chi connectivity index (χ0v) is 12.5. The number of para-hydroxylation sites is 1. The molecule has 0 radical (unpaired) electrons. The molecule has 6 nitrogen and oxygen atoms in total. The molecule has 0 saturated carbocycles. The molecule has 6 heteroatoms. The van der Waals surface area contributed by atoms with Crippen LogP contribution in [0.1, 0.15) is 16.2 Å². The number of hydrogen-bond acceptors (Lipinski definition) is 5. The van der Waals surface area contributed by atoms with Gasteiger partial charge in [0.15, 0.2) is 0 Å². The van der Waals surface area contributed by atoms with Crippen LogP contribution in [0.25, 0.3) is 0 Å². The molecule has 1 amide bonds. The number of benzene rings is 1. The highest BCUT2D eigenvalue weighted by molar-refractivity contribution is 6.03. The molecule has 2 aromatic rings. The van der Waals surface area contributed by atoms with Gasteiger partial charge in [-0.1, -0.05) is 18.2 Å². The molecule has 2 heterocycles. The van der Waals surface area contributed by atoms with Gasteiger partial charge in [-0.05, 0) is 25.1 Å². The van der Waals surface area contributed by atoms with Crippen LogP contribution in [0.15, 0.2) is 36.4 Å². The summed E-state index contributed by atoms with van der Waals surface area (Å²) in [5, 5.41) is 2.84. The van der Waals surface area contributed by atoms with Crippen LogP contribution in [0.2, 0.25) is 0 Å². The molecule has 0 unspecified atom stereocenters. The van der Waals surface area contributed by atoms with E-state index in [0.717, 1.165) is 24.5 Å². The number of rotatable bonds is 3. The summed E-state index contributed by atoms with van der Waals surface area (Å²) in [5.74, 6) is 0.354. The number of anilines is 2. The Balaban J connectivity index is 1.81. The SMILES string of the molecule is Cc1cc(C(=O)Nc2ccccc2)nc(N2CCOCC2)n1. The average Bonchev–Trinajstić information content (AvgIpc) is 2.56. The highest BCUT2D eigenvalue weighted by atomic mass is 16.5. The summed E-state index contributed by atoms with van der Waals surface area (Å²) < 4.78 is 5.33. The van der Waals surface area contributed by atoms with Gasteiger partial charge in [0, 0.05) is 24.5 Å². The standard InChI is InChI=1S/C16H18N4O2/c1-12-11-14(15(21)18-13-5-3-2-4-6-13)19-16(17-12)20-7-9-22-10-8-20/h2-6,11H,7-10H2,1H3,(H,18,21). The van der Waals surface area contributed by atoms with Gasteiger partial charge in [0.05, 0.1) is 13.2 Å². The van der Waals surface area contributed by atoms with E-state index in [4.69, 9.17) is 4.74 Å². The largest absolute Gasteiger partial charge is 0.378 e. The van der Waals surface area contributed by atoms with Gasteiger partial charge >= 0.3 is 0 Å². The monoisotopic (exact) mass is 298 g/mol. The molecule has 0 spiro atoms. The molecule has 1 fully saturated rings. The van der Waals surface area contributed by atoms with E-state index in [1.54, 1.807) is 6.07 Å². The maximum atomic E-state index is 12.4. The lowest BCUT2D eigenvalue weighted by molar-refractivity contribution is 0.102. The predicted molar refractivity (Wildman–Crippen MR) is 84.2 cm³/mol. The van der Waals surface area contributed by atoms with Crippen molar-refractivity contribution in [3.63, 3.8) is 0 Å². The number of nitrogens with one attached hydrogen (secondary N) is 1. The number of nitrogens with zero attached hydrogens (tertiary/aromatic N) is 3. The van der Waals surface area contributed by atoms with Gasteiger partial charge in [-0.3, -0.25) is 4.79 Å². The zero-order valence-electron chi connectivity index (χ0n) is 12.5. The topological polar surface area (TPSA) is 67.4 Å². The zero-order chi connectivity index (χ0) is 15.4. The van der Waals surface area contributed by atoms with Crippen molar-refractivity contribution in [2.24, 2.45) is 0 Å². The number of aromatic nitrogens is 2. The first-order valence-corrected chi connectivity index (χ1v) is 7.27. The van der Waals surface area contributed by atoms with Gasteiger partial charge in [-0.2, -0.15) is 0 Å². The van der Waals surface area contributed by atoms with Crippen LogP contribution >= 0.6 is 0 Å². The van der Waals surface area contributed by atoms with E-state index in [-0.39, 0.29) is 5.91 Å². The van der Waals surface area contributed by atoms with Crippen LogP contribution < -0.4 is 10.2 Å². The summed E-state index contributed by atoms with van der Waals surface area (Å²) in [6, 6.07) is 11.0. The summed E-state index contributed by atoms with van der Waals surface area (Å²) in [4.78, 5) is 23.2. The quantitative estimate of drug-likeness (QED) is 0.937. The van der Waals surface area contributed by atoms with E-state index in [2.05, 4.69) is 15.3 Å². The minimum absolute atomic E-state index is 0.230. The lowest BCUT2D eigenvalue weighted by Gasteiger charge is -2.27. The van der Waals surface area contributed by atoms with E-state index >= 15 is 0 Å². The van der Waals surface area contributed by atoms with Gasteiger partial charge in [-0.15, -0.1) is 0 Å². The lowest BCUT2D eigenvalue weighted by atomic mass is 10.3. The Labute approximate surface area is 129 Å². The van der Waals surface area contributed by atoms with Crippen molar-refractivity contribution in [2.45, 2.75) is 6.92 Å².